The zero-order valence-corrected chi connectivity index (χ0v) is 11.0. The third kappa shape index (κ3) is 3.27. The topological polar surface area (TPSA) is 28.4 Å². The molecule has 2 aliphatic rings. The van der Waals surface area contributed by atoms with Gasteiger partial charge >= 0.3 is 0 Å². The van der Waals surface area contributed by atoms with Gasteiger partial charge in [0.2, 0.25) is 0 Å². The van der Waals surface area contributed by atoms with Crippen molar-refractivity contribution in [1.82, 2.24) is 10.2 Å². The van der Waals surface area contributed by atoms with Gasteiger partial charge in [-0.1, -0.05) is 0 Å². The molecule has 3 rings (SSSR count). The van der Waals surface area contributed by atoms with E-state index in [-0.39, 0.29) is 0 Å². The molecule has 1 aromatic rings. The third-order valence-corrected chi connectivity index (χ3v) is 4.41. The van der Waals surface area contributed by atoms with E-state index in [4.69, 9.17) is 4.42 Å². The number of nitrogens with zero attached hydrogens (tertiary/aromatic N) is 1. The number of furan rings is 1. The average molecular weight is 252 g/mol. The van der Waals surface area contributed by atoms with Gasteiger partial charge in [0.1, 0.15) is 5.76 Å². The first kappa shape index (κ1) is 11.6. The van der Waals surface area contributed by atoms with E-state index in [2.05, 4.69) is 28.0 Å². The SMILES string of the molecule is c1cc(CNC2CC2)c(CN2CCSCC2)o1. The van der Waals surface area contributed by atoms with Crippen LogP contribution in [0.1, 0.15) is 24.2 Å². The lowest BCUT2D eigenvalue weighted by molar-refractivity contribution is 0.266. The number of hydrogen-bond donors (Lipinski definition) is 1. The molecule has 1 aliphatic carbocycles. The summed E-state index contributed by atoms with van der Waals surface area (Å²) in [6, 6.07) is 2.88. The van der Waals surface area contributed by atoms with Crippen LogP contribution in [0.2, 0.25) is 0 Å². The normalized spacial score (nSPS) is 21.9. The number of nitrogens with one attached hydrogen (secondary N) is 1. The highest BCUT2D eigenvalue weighted by atomic mass is 32.2. The van der Waals surface area contributed by atoms with Gasteiger partial charge in [-0.05, 0) is 18.9 Å². The van der Waals surface area contributed by atoms with Crippen LogP contribution in [-0.4, -0.2) is 35.5 Å². The molecular weight excluding hydrogens is 232 g/mol. The highest BCUT2D eigenvalue weighted by Crippen LogP contribution is 2.21. The van der Waals surface area contributed by atoms with Crippen molar-refractivity contribution in [2.24, 2.45) is 0 Å². The standard InChI is InChI=1S/C13H20N2OS/c1-2-12(1)14-9-11-3-6-16-13(11)10-15-4-7-17-8-5-15/h3,6,12,14H,1-2,4-5,7-10H2. The van der Waals surface area contributed by atoms with Gasteiger partial charge in [-0.25, -0.2) is 0 Å². The smallest absolute Gasteiger partial charge is 0.122 e. The largest absolute Gasteiger partial charge is 0.468 e. The fourth-order valence-corrected chi connectivity index (χ4v) is 3.15. The molecule has 2 fully saturated rings. The van der Waals surface area contributed by atoms with Gasteiger partial charge in [-0.15, -0.1) is 0 Å². The van der Waals surface area contributed by atoms with Crippen LogP contribution in [0.4, 0.5) is 0 Å². The highest BCUT2D eigenvalue weighted by molar-refractivity contribution is 7.99. The van der Waals surface area contributed by atoms with Gasteiger partial charge in [0, 0.05) is 42.7 Å². The van der Waals surface area contributed by atoms with Crippen LogP contribution in [0, 0.1) is 0 Å². The Kier molecular flexibility index (Phi) is 3.74. The summed E-state index contributed by atoms with van der Waals surface area (Å²) in [5, 5.41) is 3.55. The second-order valence-electron chi connectivity index (χ2n) is 4.91. The maximum absolute atomic E-state index is 5.63. The van der Waals surface area contributed by atoms with E-state index in [1.165, 1.54) is 43.0 Å². The molecular formula is C13H20N2OS. The Hall–Kier alpha value is -0.450. The van der Waals surface area contributed by atoms with Crippen molar-refractivity contribution < 1.29 is 4.42 Å². The molecule has 0 radical (unpaired) electrons. The van der Waals surface area contributed by atoms with E-state index in [1.807, 2.05) is 6.26 Å². The molecule has 1 aromatic heterocycles. The quantitative estimate of drug-likeness (QED) is 0.868. The van der Waals surface area contributed by atoms with Crippen molar-refractivity contribution in [3.63, 3.8) is 0 Å². The van der Waals surface area contributed by atoms with E-state index < -0.39 is 0 Å². The molecule has 1 saturated carbocycles. The molecule has 0 bridgehead atoms. The molecule has 3 nitrogen and oxygen atoms in total. The van der Waals surface area contributed by atoms with Crippen LogP contribution >= 0.6 is 11.8 Å². The molecule has 1 aliphatic heterocycles. The molecule has 0 aromatic carbocycles. The summed E-state index contributed by atoms with van der Waals surface area (Å²) < 4.78 is 5.63. The van der Waals surface area contributed by atoms with Gasteiger partial charge in [0.15, 0.2) is 0 Å². The summed E-state index contributed by atoms with van der Waals surface area (Å²) in [4.78, 5) is 2.50. The first-order chi connectivity index (χ1) is 8.42. The van der Waals surface area contributed by atoms with Gasteiger partial charge in [0.05, 0.1) is 12.8 Å². The summed E-state index contributed by atoms with van der Waals surface area (Å²) in [5.74, 6) is 3.68. The maximum atomic E-state index is 5.63. The van der Waals surface area contributed by atoms with Crippen LogP contribution in [0.25, 0.3) is 0 Å². The minimum atomic E-state index is 0.768. The van der Waals surface area contributed by atoms with Crippen LogP contribution in [0.15, 0.2) is 16.7 Å². The van der Waals surface area contributed by atoms with Crippen molar-refractivity contribution >= 4 is 11.8 Å². The van der Waals surface area contributed by atoms with Crippen molar-refractivity contribution in [1.29, 1.82) is 0 Å². The van der Waals surface area contributed by atoms with Gasteiger partial charge in [-0.2, -0.15) is 11.8 Å². The molecule has 17 heavy (non-hydrogen) atoms. The summed E-state index contributed by atoms with van der Waals surface area (Å²) in [5.41, 5.74) is 1.34. The maximum Gasteiger partial charge on any atom is 0.122 e. The molecule has 1 saturated heterocycles. The van der Waals surface area contributed by atoms with Gasteiger partial charge in [0.25, 0.3) is 0 Å². The minimum Gasteiger partial charge on any atom is -0.468 e. The van der Waals surface area contributed by atoms with Crippen LogP contribution in [-0.2, 0) is 13.1 Å². The summed E-state index contributed by atoms with van der Waals surface area (Å²) in [6.45, 7) is 4.34. The first-order valence-electron chi connectivity index (χ1n) is 6.50. The monoisotopic (exact) mass is 252 g/mol. The predicted octanol–water partition coefficient (Wildman–Crippen LogP) is 2.08. The summed E-state index contributed by atoms with van der Waals surface area (Å²) in [7, 11) is 0. The Bertz CT molecular complexity index is 356. The van der Waals surface area contributed by atoms with Gasteiger partial charge in [-0.3, -0.25) is 4.90 Å². The van der Waals surface area contributed by atoms with Gasteiger partial charge < -0.3 is 9.73 Å². The Labute approximate surface area is 107 Å². The van der Waals surface area contributed by atoms with Crippen molar-refractivity contribution in [2.75, 3.05) is 24.6 Å². The Morgan fingerprint density at radius 2 is 2.18 bits per heavy atom. The second-order valence-corrected chi connectivity index (χ2v) is 6.14. The molecule has 0 amide bonds. The van der Waals surface area contributed by atoms with Crippen molar-refractivity contribution in [3.8, 4) is 0 Å². The lowest BCUT2D eigenvalue weighted by Gasteiger charge is -2.25. The van der Waals surface area contributed by atoms with E-state index in [0.29, 0.717) is 0 Å². The summed E-state index contributed by atoms with van der Waals surface area (Å²) >= 11 is 2.05. The lowest BCUT2D eigenvalue weighted by atomic mass is 10.2. The number of thioether (sulfide) groups is 1. The van der Waals surface area contributed by atoms with Crippen molar-refractivity contribution in [2.45, 2.75) is 32.0 Å². The van der Waals surface area contributed by atoms with Crippen LogP contribution in [0.3, 0.4) is 0 Å². The zero-order chi connectivity index (χ0) is 11.5. The molecule has 1 N–H and O–H groups in total. The molecule has 2 heterocycles. The van der Waals surface area contributed by atoms with E-state index in [0.717, 1.165) is 24.9 Å². The fraction of sp³-hybridized carbons (Fsp3) is 0.692. The molecule has 0 unspecified atom stereocenters. The highest BCUT2D eigenvalue weighted by Gasteiger charge is 2.21. The van der Waals surface area contributed by atoms with Crippen LogP contribution in [0.5, 0.6) is 0 Å². The van der Waals surface area contributed by atoms with Crippen molar-refractivity contribution in [3.05, 3.63) is 23.7 Å². The molecule has 0 atom stereocenters. The third-order valence-electron chi connectivity index (χ3n) is 3.47. The second kappa shape index (κ2) is 5.46. The zero-order valence-electron chi connectivity index (χ0n) is 10.2. The number of rotatable bonds is 5. The molecule has 0 spiro atoms. The van der Waals surface area contributed by atoms with E-state index >= 15 is 0 Å². The Balaban J connectivity index is 1.55. The minimum absolute atomic E-state index is 0.768. The molecule has 94 valence electrons. The summed E-state index contributed by atoms with van der Waals surface area (Å²) in [6.07, 6.45) is 4.52. The Morgan fingerprint density at radius 3 is 2.94 bits per heavy atom. The number of hydrogen-bond acceptors (Lipinski definition) is 4. The van der Waals surface area contributed by atoms with E-state index in [9.17, 15) is 0 Å². The Morgan fingerprint density at radius 1 is 1.35 bits per heavy atom. The molecule has 4 heteroatoms. The predicted molar refractivity (Wildman–Crippen MR) is 71.2 cm³/mol. The lowest BCUT2D eigenvalue weighted by Crippen LogP contribution is -2.32. The van der Waals surface area contributed by atoms with Crippen LogP contribution < -0.4 is 5.32 Å². The fourth-order valence-electron chi connectivity index (χ4n) is 2.17. The average Bonchev–Trinajstić information content (AvgIpc) is 3.09. The van der Waals surface area contributed by atoms with E-state index in [1.54, 1.807) is 0 Å². The first-order valence-corrected chi connectivity index (χ1v) is 7.66.